The molecule has 0 aliphatic carbocycles. The fourth-order valence-corrected chi connectivity index (χ4v) is 6.82. The van der Waals surface area contributed by atoms with Crippen LogP contribution in [-0.2, 0) is 24.3 Å². The Morgan fingerprint density at radius 1 is 1.03 bits per heavy atom. The van der Waals surface area contributed by atoms with Gasteiger partial charge in [-0.05, 0) is 83.1 Å². The van der Waals surface area contributed by atoms with Gasteiger partial charge >= 0.3 is 5.97 Å². The maximum Gasteiger partial charge on any atom is 0.339 e. The van der Waals surface area contributed by atoms with Crippen molar-refractivity contribution in [1.29, 1.82) is 0 Å². The van der Waals surface area contributed by atoms with E-state index in [1.54, 1.807) is 4.31 Å². The molecule has 0 radical (unpaired) electrons. The van der Waals surface area contributed by atoms with E-state index in [2.05, 4.69) is 29.2 Å². The van der Waals surface area contributed by atoms with E-state index < -0.39 is 27.7 Å². The molecule has 0 N–H and O–H groups in total. The molecule has 8 heteroatoms. The van der Waals surface area contributed by atoms with E-state index in [1.165, 1.54) is 13.4 Å². The first-order chi connectivity index (χ1) is 17.2. The fourth-order valence-electron chi connectivity index (χ4n) is 5.82. The Kier molecular flexibility index (Phi) is 7.38. The summed E-state index contributed by atoms with van der Waals surface area (Å²) in [4.78, 5) is 15.7. The highest BCUT2D eigenvalue weighted by Crippen LogP contribution is 2.51. The molecular weight excluding hydrogens is 488 g/mol. The first-order valence-corrected chi connectivity index (χ1v) is 14.8. The van der Waals surface area contributed by atoms with Crippen molar-refractivity contribution in [3.05, 3.63) is 46.5 Å². The van der Waals surface area contributed by atoms with Gasteiger partial charge in [-0.15, -0.1) is 0 Å². The van der Waals surface area contributed by atoms with Gasteiger partial charge in [0, 0.05) is 18.2 Å². The number of hydrogen-bond acceptors (Lipinski definition) is 6. The van der Waals surface area contributed by atoms with Crippen LogP contribution in [0.3, 0.4) is 0 Å². The molecule has 0 amide bonds. The second-order valence-electron chi connectivity index (χ2n) is 11.4. The molecule has 2 atom stereocenters. The van der Waals surface area contributed by atoms with Crippen LogP contribution in [-0.4, -0.2) is 52.5 Å². The number of methoxy groups -OCH3 is 1. The Morgan fingerprint density at radius 3 is 2.24 bits per heavy atom. The van der Waals surface area contributed by atoms with Gasteiger partial charge in [-0.1, -0.05) is 29.8 Å². The number of carbonyl (C=O) groups is 1. The van der Waals surface area contributed by atoms with Crippen LogP contribution in [0.1, 0.15) is 68.4 Å². The van der Waals surface area contributed by atoms with E-state index in [0.717, 1.165) is 59.3 Å². The summed E-state index contributed by atoms with van der Waals surface area (Å²) in [5, 5.41) is 0. The largest absolute Gasteiger partial charge is 0.467 e. The molecule has 0 spiro atoms. The van der Waals surface area contributed by atoms with Crippen LogP contribution in [0.4, 0.5) is 11.4 Å². The zero-order chi connectivity index (χ0) is 27.3. The van der Waals surface area contributed by atoms with Crippen LogP contribution in [0, 0.1) is 20.8 Å². The van der Waals surface area contributed by atoms with Crippen molar-refractivity contribution in [2.24, 2.45) is 0 Å². The molecule has 2 aromatic carbocycles. The van der Waals surface area contributed by atoms with E-state index in [0.29, 0.717) is 17.8 Å². The minimum absolute atomic E-state index is 0.119. The summed E-state index contributed by atoms with van der Waals surface area (Å²) in [6, 6.07) is 8.34. The molecule has 2 aromatic rings. The standard InChI is InChI=1S/C29H40N2O5S/c1-18-12-14-21(15-13-18)23-19(2)25-26(20(3)24(23)27(28(32)35-7)36-29(4,5)6)31(37(8,33)34)17-22-11-9-10-16-30(22)25/h12-15,22,27H,9-11,16-17H2,1-8H3/t22?,27-/m0/s1. The van der Waals surface area contributed by atoms with E-state index in [-0.39, 0.29) is 6.04 Å². The van der Waals surface area contributed by atoms with Gasteiger partial charge < -0.3 is 14.4 Å². The second kappa shape index (κ2) is 9.95. The van der Waals surface area contributed by atoms with E-state index in [4.69, 9.17) is 9.47 Å². The number of ether oxygens (including phenoxy) is 2. The number of rotatable bonds is 5. The third-order valence-corrected chi connectivity index (χ3v) is 8.55. The lowest BCUT2D eigenvalue weighted by Crippen LogP contribution is -2.53. The molecule has 2 aliphatic heterocycles. The van der Waals surface area contributed by atoms with E-state index in [9.17, 15) is 13.2 Å². The van der Waals surface area contributed by atoms with E-state index >= 15 is 0 Å². The summed E-state index contributed by atoms with van der Waals surface area (Å²) >= 11 is 0. The van der Waals surface area contributed by atoms with Crippen LogP contribution >= 0.6 is 0 Å². The average molecular weight is 529 g/mol. The Morgan fingerprint density at radius 2 is 1.68 bits per heavy atom. The molecule has 0 saturated carbocycles. The molecule has 37 heavy (non-hydrogen) atoms. The second-order valence-corrected chi connectivity index (χ2v) is 13.3. The number of carbonyl (C=O) groups excluding carboxylic acids is 1. The molecule has 202 valence electrons. The van der Waals surface area contributed by atoms with Crippen LogP contribution in [0.5, 0.6) is 0 Å². The number of anilines is 2. The molecule has 0 aromatic heterocycles. The molecule has 0 bridgehead atoms. The maximum atomic E-state index is 13.3. The van der Waals surface area contributed by atoms with Crippen molar-refractivity contribution in [2.75, 3.05) is 35.7 Å². The molecule has 1 unspecified atom stereocenters. The number of benzene rings is 2. The minimum Gasteiger partial charge on any atom is -0.467 e. The fraction of sp³-hybridized carbons (Fsp3) is 0.552. The maximum absolute atomic E-state index is 13.3. The van der Waals surface area contributed by atoms with Gasteiger partial charge in [-0.2, -0.15) is 0 Å². The first kappa shape index (κ1) is 27.5. The normalized spacial score (nSPS) is 18.8. The summed E-state index contributed by atoms with van der Waals surface area (Å²) in [7, 11) is -2.21. The van der Waals surface area contributed by atoms with Crippen LogP contribution in [0.15, 0.2) is 24.3 Å². The van der Waals surface area contributed by atoms with Crippen molar-refractivity contribution in [2.45, 2.75) is 78.6 Å². The predicted octanol–water partition coefficient (Wildman–Crippen LogP) is 5.45. The van der Waals surface area contributed by atoms with Gasteiger partial charge in [0.15, 0.2) is 6.10 Å². The molecular formula is C29H40N2O5S. The third kappa shape index (κ3) is 5.23. The van der Waals surface area contributed by atoms with Crippen LogP contribution in [0.2, 0.25) is 0 Å². The van der Waals surface area contributed by atoms with Crippen molar-refractivity contribution in [1.82, 2.24) is 0 Å². The Labute approximate surface area is 221 Å². The highest BCUT2D eigenvalue weighted by Gasteiger charge is 2.42. The summed E-state index contributed by atoms with van der Waals surface area (Å²) in [6.45, 7) is 13.0. The Bertz CT molecular complexity index is 1300. The zero-order valence-corrected chi connectivity index (χ0v) is 24.2. The predicted molar refractivity (Wildman–Crippen MR) is 149 cm³/mol. The zero-order valence-electron chi connectivity index (χ0n) is 23.3. The van der Waals surface area contributed by atoms with E-state index in [1.807, 2.05) is 41.5 Å². The first-order valence-electron chi connectivity index (χ1n) is 13.0. The summed E-state index contributed by atoms with van der Waals surface area (Å²) in [5.74, 6) is -0.511. The van der Waals surface area contributed by atoms with Crippen LogP contribution in [0.25, 0.3) is 11.1 Å². The van der Waals surface area contributed by atoms with Crippen molar-refractivity contribution in [3.8, 4) is 11.1 Å². The number of piperidine rings is 1. The van der Waals surface area contributed by atoms with Crippen molar-refractivity contribution in [3.63, 3.8) is 0 Å². The molecule has 2 aliphatic rings. The molecule has 1 saturated heterocycles. The van der Waals surface area contributed by atoms with Crippen molar-refractivity contribution < 1.29 is 22.7 Å². The number of esters is 1. The Balaban J connectivity index is 2.14. The minimum atomic E-state index is -3.57. The lowest BCUT2D eigenvalue weighted by atomic mass is 9.83. The quantitative estimate of drug-likeness (QED) is 0.481. The van der Waals surface area contributed by atoms with Gasteiger partial charge in [-0.25, -0.2) is 13.2 Å². The topological polar surface area (TPSA) is 76.2 Å². The van der Waals surface area contributed by atoms with Gasteiger partial charge in [0.1, 0.15) is 0 Å². The SMILES string of the molecule is COC(=O)[C@@H](OC(C)(C)C)c1c(C)c2c(c(C)c1-c1ccc(C)cc1)N1CCCCC1CN2S(C)(=O)=O. The smallest absolute Gasteiger partial charge is 0.339 e. The lowest BCUT2D eigenvalue weighted by Gasteiger charge is -2.48. The highest BCUT2D eigenvalue weighted by molar-refractivity contribution is 7.92. The van der Waals surface area contributed by atoms with Gasteiger partial charge in [0.05, 0.1) is 36.9 Å². The van der Waals surface area contributed by atoms with Gasteiger partial charge in [0.25, 0.3) is 0 Å². The number of aryl methyl sites for hydroxylation is 1. The van der Waals surface area contributed by atoms with Gasteiger partial charge in [0.2, 0.25) is 10.0 Å². The van der Waals surface area contributed by atoms with Gasteiger partial charge in [-0.3, -0.25) is 4.31 Å². The van der Waals surface area contributed by atoms with Crippen LogP contribution < -0.4 is 9.21 Å². The lowest BCUT2D eigenvalue weighted by molar-refractivity contribution is -0.164. The number of hydrogen-bond donors (Lipinski definition) is 0. The number of fused-ring (bicyclic) bond motifs is 3. The molecule has 4 rings (SSSR count). The summed E-state index contributed by atoms with van der Waals surface area (Å²) in [5.41, 5.74) is 6.27. The average Bonchev–Trinajstić information content (AvgIpc) is 2.82. The highest BCUT2D eigenvalue weighted by atomic mass is 32.2. The third-order valence-electron chi connectivity index (χ3n) is 7.41. The number of nitrogens with zero attached hydrogens (tertiary/aromatic N) is 2. The Hall–Kier alpha value is -2.58. The molecule has 2 heterocycles. The molecule has 7 nitrogen and oxygen atoms in total. The molecule has 1 fully saturated rings. The van der Waals surface area contributed by atoms with Crippen molar-refractivity contribution >= 4 is 27.4 Å². The number of sulfonamides is 1. The monoisotopic (exact) mass is 528 g/mol. The summed E-state index contributed by atoms with van der Waals surface area (Å²) < 4.78 is 39.5. The summed E-state index contributed by atoms with van der Waals surface area (Å²) in [6.07, 6.45) is 3.33.